The third-order valence-electron chi connectivity index (χ3n) is 5.09. The number of rotatable bonds is 10. The van der Waals surface area contributed by atoms with Crippen LogP contribution in [-0.2, 0) is 9.53 Å². The normalized spacial score (nSPS) is 11.2. The maximum atomic E-state index is 12.5. The monoisotopic (exact) mass is 459 g/mol. The highest BCUT2D eigenvalue weighted by atomic mass is 16.5. The first kappa shape index (κ1) is 24.5. The van der Waals surface area contributed by atoms with Gasteiger partial charge in [0.2, 0.25) is 5.91 Å². The van der Waals surface area contributed by atoms with Crippen LogP contribution in [0.25, 0.3) is 0 Å². The second kappa shape index (κ2) is 12.2. The Bertz CT molecular complexity index is 1100. The van der Waals surface area contributed by atoms with Crippen LogP contribution in [0.5, 0.6) is 0 Å². The highest BCUT2D eigenvalue weighted by Gasteiger charge is 2.12. The van der Waals surface area contributed by atoms with Gasteiger partial charge in [-0.1, -0.05) is 37.3 Å². The van der Waals surface area contributed by atoms with E-state index >= 15 is 0 Å². The number of esters is 1. The van der Waals surface area contributed by atoms with E-state index in [1.807, 2.05) is 44.2 Å². The number of anilines is 2. The molecule has 1 atom stereocenters. The van der Waals surface area contributed by atoms with Crippen molar-refractivity contribution in [1.29, 1.82) is 0 Å². The fourth-order valence-corrected chi connectivity index (χ4v) is 3.20. The summed E-state index contributed by atoms with van der Waals surface area (Å²) in [5.41, 5.74) is 3.30. The van der Waals surface area contributed by atoms with Crippen molar-refractivity contribution < 1.29 is 19.1 Å². The zero-order valence-corrected chi connectivity index (χ0v) is 19.3. The second-order valence-electron chi connectivity index (χ2n) is 7.80. The summed E-state index contributed by atoms with van der Waals surface area (Å²) in [6.45, 7) is 4.30. The van der Waals surface area contributed by atoms with E-state index in [0.29, 0.717) is 29.1 Å². The molecular weight excluding hydrogens is 430 g/mol. The van der Waals surface area contributed by atoms with Crippen LogP contribution >= 0.6 is 0 Å². The first-order chi connectivity index (χ1) is 16.5. The fourth-order valence-electron chi connectivity index (χ4n) is 3.20. The molecule has 3 aromatic rings. The Morgan fingerprint density at radius 1 is 0.824 bits per heavy atom. The van der Waals surface area contributed by atoms with Gasteiger partial charge < -0.3 is 20.7 Å². The Kier molecular flexibility index (Phi) is 8.80. The van der Waals surface area contributed by atoms with Crippen LogP contribution in [0.1, 0.15) is 52.6 Å². The predicted molar refractivity (Wildman–Crippen MR) is 133 cm³/mol. The minimum absolute atomic E-state index is 0.0520. The Hall–Kier alpha value is -4.13. The van der Waals surface area contributed by atoms with Gasteiger partial charge >= 0.3 is 5.97 Å². The highest BCUT2D eigenvalue weighted by molar-refractivity contribution is 5.97. The smallest absolute Gasteiger partial charge is 0.338 e. The van der Waals surface area contributed by atoms with Gasteiger partial charge in [-0.05, 0) is 67.4 Å². The standard InChI is InChI=1S/C27H29N3O4/c1-3-17-34-27(33)22-11-13-23(14-12-22)28-18-25(31)30-24-15-9-21(10-16-24)26(32)29-19(2)20-7-5-4-6-8-20/h4-16,19,28H,3,17-18H2,1-2H3,(H,29,32)(H,30,31). The average Bonchev–Trinajstić information content (AvgIpc) is 2.87. The molecule has 0 aromatic heterocycles. The van der Waals surface area contributed by atoms with Crippen molar-refractivity contribution in [1.82, 2.24) is 5.32 Å². The summed E-state index contributed by atoms with van der Waals surface area (Å²) < 4.78 is 5.10. The van der Waals surface area contributed by atoms with E-state index < -0.39 is 0 Å². The van der Waals surface area contributed by atoms with Crippen LogP contribution in [-0.4, -0.2) is 30.9 Å². The van der Waals surface area contributed by atoms with Crippen molar-refractivity contribution in [2.45, 2.75) is 26.3 Å². The molecule has 7 nitrogen and oxygen atoms in total. The molecule has 1 unspecified atom stereocenters. The number of hydrogen-bond acceptors (Lipinski definition) is 5. The summed E-state index contributed by atoms with van der Waals surface area (Å²) in [6.07, 6.45) is 0.768. The van der Waals surface area contributed by atoms with E-state index in [4.69, 9.17) is 4.74 Å². The molecule has 3 N–H and O–H groups in total. The second-order valence-corrected chi connectivity index (χ2v) is 7.80. The Labute approximate surface area is 199 Å². The first-order valence-electron chi connectivity index (χ1n) is 11.2. The van der Waals surface area contributed by atoms with Gasteiger partial charge in [0.25, 0.3) is 5.91 Å². The maximum Gasteiger partial charge on any atom is 0.338 e. The molecule has 0 bridgehead atoms. The minimum Gasteiger partial charge on any atom is -0.462 e. The van der Waals surface area contributed by atoms with E-state index in [1.54, 1.807) is 48.5 Å². The van der Waals surface area contributed by atoms with Gasteiger partial charge in [-0.25, -0.2) is 4.79 Å². The van der Waals surface area contributed by atoms with Gasteiger partial charge in [0.1, 0.15) is 0 Å². The number of carbonyl (C=O) groups excluding carboxylic acids is 3. The molecule has 3 rings (SSSR count). The highest BCUT2D eigenvalue weighted by Crippen LogP contribution is 2.15. The summed E-state index contributed by atoms with van der Waals surface area (Å²) in [7, 11) is 0. The molecule has 0 spiro atoms. The molecule has 7 heteroatoms. The Balaban J connectivity index is 1.46. The largest absolute Gasteiger partial charge is 0.462 e. The summed E-state index contributed by atoms with van der Waals surface area (Å²) in [6, 6.07) is 23.1. The van der Waals surface area contributed by atoms with Crippen LogP contribution in [0.3, 0.4) is 0 Å². The van der Waals surface area contributed by atoms with Crippen LogP contribution < -0.4 is 16.0 Å². The van der Waals surface area contributed by atoms with Crippen molar-refractivity contribution in [3.8, 4) is 0 Å². The molecule has 34 heavy (non-hydrogen) atoms. The molecule has 0 saturated carbocycles. The van der Waals surface area contributed by atoms with Crippen LogP contribution in [0, 0.1) is 0 Å². The van der Waals surface area contributed by atoms with Crippen LogP contribution in [0.2, 0.25) is 0 Å². The van der Waals surface area contributed by atoms with Gasteiger partial charge in [0.15, 0.2) is 0 Å². The number of nitrogens with one attached hydrogen (secondary N) is 3. The van der Waals surface area contributed by atoms with Crippen LogP contribution in [0.4, 0.5) is 11.4 Å². The summed E-state index contributed by atoms with van der Waals surface area (Å²) in [5.74, 6) is -0.781. The molecule has 0 aliphatic rings. The summed E-state index contributed by atoms with van der Waals surface area (Å²) in [4.78, 5) is 36.6. The van der Waals surface area contributed by atoms with Gasteiger partial charge in [-0.2, -0.15) is 0 Å². The lowest BCUT2D eigenvalue weighted by atomic mass is 10.1. The van der Waals surface area contributed by atoms with Crippen molar-refractivity contribution in [2.75, 3.05) is 23.8 Å². The molecular formula is C27H29N3O4. The van der Waals surface area contributed by atoms with Gasteiger partial charge in [0, 0.05) is 16.9 Å². The van der Waals surface area contributed by atoms with E-state index in [1.165, 1.54) is 0 Å². The minimum atomic E-state index is -0.363. The lowest BCUT2D eigenvalue weighted by Gasteiger charge is -2.14. The Morgan fingerprint density at radius 2 is 1.44 bits per heavy atom. The molecule has 0 radical (unpaired) electrons. The molecule has 0 saturated heterocycles. The lowest BCUT2D eigenvalue weighted by molar-refractivity contribution is -0.114. The SMILES string of the molecule is CCCOC(=O)c1ccc(NCC(=O)Nc2ccc(C(=O)NC(C)c3ccccc3)cc2)cc1. The van der Waals surface area contributed by atoms with E-state index in [2.05, 4.69) is 16.0 Å². The van der Waals surface area contributed by atoms with Gasteiger partial charge in [-0.15, -0.1) is 0 Å². The molecule has 176 valence electrons. The van der Waals surface area contributed by atoms with Crippen molar-refractivity contribution in [3.05, 3.63) is 95.6 Å². The van der Waals surface area contributed by atoms with Crippen LogP contribution in [0.15, 0.2) is 78.9 Å². The fraction of sp³-hybridized carbons (Fsp3) is 0.222. The quantitative estimate of drug-likeness (QED) is 0.379. The predicted octanol–water partition coefficient (Wildman–Crippen LogP) is 4.80. The van der Waals surface area contributed by atoms with Crippen molar-refractivity contribution in [2.24, 2.45) is 0 Å². The summed E-state index contributed by atoms with van der Waals surface area (Å²) >= 11 is 0. The average molecular weight is 460 g/mol. The lowest BCUT2D eigenvalue weighted by Crippen LogP contribution is -2.26. The molecule has 0 fully saturated rings. The number of carbonyl (C=O) groups is 3. The van der Waals surface area contributed by atoms with E-state index in [9.17, 15) is 14.4 Å². The molecule has 0 aliphatic heterocycles. The molecule has 2 amide bonds. The zero-order chi connectivity index (χ0) is 24.3. The summed E-state index contributed by atoms with van der Waals surface area (Å²) in [5, 5.41) is 8.77. The Morgan fingerprint density at radius 3 is 2.09 bits per heavy atom. The molecule has 0 aliphatic carbocycles. The number of benzene rings is 3. The molecule has 3 aromatic carbocycles. The zero-order valence-electron chi connectivity index (χ0n) is 19.3. The van der Waals surface area contributed by atoms with E-state index in [0.717, 1.165) is 12.0 Å². The number of amides is 2. The third-order valence-corrected chi connectivity index (χ3v) is 5.09. The number of hydrogen-bond donors (Lipinski definition) is 3. The third kappa shape index (κ3) is 7.20. The van der Waals surface area contributed by atoms with Gasteiger partial charge in [-0.3, -0.25) is 9.59 Å². The first-order valence-corrected chi connectivity index (χ1v) is 11.2. The van der Waals surface area contributed by atoms with Gasteiger partial charge in [0.05, 0.1) is 24.8 Å². The maximum absolute atomic E-state index is 12.5. The number of ether oxygens (including phenoxy) is 1. The topological polar surface area (TPSA) is 96.5 Å². The van der Waals surface area contributed by atoms with Crippen molar-refractivity contribution >= 4 is 29.2 Å². The molecule has 0 heterocycles. The van der Waals surface area contributed by atoms with Crippen molar-refractivity contribution in [3.63, 3.8) is 0 Å². The van der Waals surface area contributed by atoms with E-state index in [-0.39, 0.29) is 30.4 Å².